The summed E-state index contributed by atoms with van der Waals surface area (Å²) in [5.74, 6) is 5.65. The van der Waals surface area contributed by atoms with Crippen molar-refractivity contribution in [2.75, 3.05) is 0 Å². The van der Waals surface area contributed by atoms with E-state index in [4.69, 9.17) is 14.3 Å². The maximum absolute atomic E-state index is 11.4. The van der Waals surface area contributed by atoms with Gasteiger partial charge in [0.15, 0.2) is 16.6 Å². The SMILES string of the molecule is [2H]C([2H])(CC=C1C[C@H]2C[C@@H](O[Si](C)(C)C(C)(C)C)[C@H](C=C[C@@H](O[Si](C)(C)C(C)(C)C)C(C)CC#CC)[C@H]2C1)C([2H])([2H])C(=O)O. The Kier molecular flexibility index (Phi) is 10.1. The molecule has 4 nitrogen and oxygen atoms in total. The zero-order valence-electron chi connectivity index (χ0n) is 31.4. The molecular formula is C34H60O4Si2. The molecule has 0 heterocycles. The number of carbonyl (C=O) groups is 1. The largest absolute Gasteiger partial charge is 0.481 e. The van der Waals surface area contributed by atoms with E-state index in [2.05, 4.69) is 98.6 Å². The molecule has 0 amide bonds. The number of allylic oxidation sites excluding steroid dienone is 2. The fraction of sp³-hybridized carbons (Fsp3) is 0.794. The van der Waals surface area contributed by atoms with E-state index in [9.17, 15) is 9.90 Å². The Morgan fingerprint density at radius 2 is 1.75 bits per heavy atom. The van der Waals surface area contributed by atoms with Crippen molar-refractivity contribution in [3.05, 3.63) is 23.8 Å². The Bertz CT molecular complexity index is 1140. The third kappa shape index (κ3) is 9.44. The third-order valence-corrected chi connectivity index (χ3v) is 18.9. The molecule has 6 atom stereocenters. The summed E-state index contributed by atoms with van der Waals surface area (Å²) < 4.78 is 45.9. The van der Waals surface area contributed by atoms with E-state index in [0.717, 1.165) is 31.3 Å². The van der Waals surface area contributed by atoms with E-state index in [-0.39, 0.29) is 40.5 Å². The van der Waals surface area contributed by atoms with Crippen molar-refractivity contribution in [2.24, 2.45) is 23.7 Å². The molecule has 0 aromatic heterocycles. The second-order valence-corrected chi connectivity index (χ2v) is 24.6. The minimum atomic E-state index is -2.95. The van der Waals surface area contributed by atoms with Crippen LogP contribution in [0.25, 0.3) is 0 Å². The molecule has 2 aliphatic carbocycles. The fourth-order valence-corrected chi connectivity index (χ4v) is 8.11. The first-order chi connectivity index (χ1) is 19.8. The number of fused-ring (bicyclic) bond motifs is 1. The molecule has 0 aromatic carbocycles. The minimum Gasteiger partial charge on any atom is -0.481 e. The first-order valence-electron chi connectivity index (χ1n) is 17.1. The van der Waals surface area contributed by atoms with Crippen LogP contribution in [0.4, 0.5) is 0 Å². The Balaban J connectivity index is 2.44. The summed E-state index contributed by atoms with van der Waals surface area (Å²) in [7, 11) is -4.10. The molecule has 2 fully saturated rings. The molecule has 1 N–H and O–H groups in total. The molecule has 40 heavy (non-hydrogen) atoms. The van der Waals surface area contributed by atoms with Crippen molar-refractivity contribution in [1.82, 2.24) is 0 Å². The van der Waals surface area contributed by atoms with Gasteiger partial charge in [-0.3, -0.25) is 4.79 Å². The van der Waals surface area contributed by atoms with Crippen LogP contribution >= 0.6 is 0 Å². The highest BCUT2D eigenvalue weighted by molar-refractivity contribution is 6.74. The van der Waals surface area contributed by atoms with E-state index in [1.54, 1.807) is 6.08 Å². The van der Waals surface area contributed by atoms with E-state index in [1.165, 1.54) is 0 Å². The van der Waals surface area contributed by atoms with Crippen molar-refractivity contribution >= 4 is 22.6 Å². The molecule has 0 spiro atoms. The molecular weight excluding hydrogens is 529 g/mol. The highest BCUT2D eigenvalue weighted by Crippen LogP contribution is 2.53. The Morgan fingerprint density at radius 1 is 1.12 bits per heavy atom. The topological polar surface area (TPSA) is 55.8 Å². The summed E-state index contributed by atoms with van der Waals surface area (Å²) in [6, 6.07) is 0. The molecule has 0 aliphatic heterocycles. The summed E-state index contributed by atoms with van der Waals surface area (Å²) >= 11 is 0. The van der Waals surface area contributed by atoms with E-state index >= 15 is 0 Å². The van der Waals surface area contributed by atoms with Gasteiger partial charge in [0, 0.05) is 24.2 Å². The molecule has 2 aliphatic rings. The molecule has 1 unspecified atom stereocenters. The average molecular weight is 593 g/mol. The third-order valence-electron chi connectivity index (χ3n) is 9.95. The standard InChI is InChI=1S/C34H60O4Si2/c1-13-14-17-25(2)30(37-39(9,10)33(3,4)5)21-20-28-29-23-26(18-15-16-19-32(35)36)22-27(29)24-31(28)38-40(11,12)34(6,7)8/h18,20-21,25,27-31H,15-17,19,22-24H2,1-12H3,(H,35,36)/t25?,27-,28+,29-,30+,31+/m0/s1/i16D2,19D2. The number of hydrogen-bond donors (Lipinski definition) is 1. The zero-order valence-corrected chi connectivity index (χ0v) is 29.4. The Labute approximate surface area is 254 Å². The van der Waals surface area contributed by atoms with Crippen LogP contribution in [0, 0.1) is 35.5 Å². The monoisotopic (exact) mass is 592 g/mol. The van der Waals surface area contributed by atoms with Gasteiger partial charge in [0.05, 0.1) is 12.2 Å². The van der Waals surface area contributed by atoms with Gasteiger partial charge in [-0.2, -0.15) is 0 Å². The molecule has 0 saturated heterocycles. The Hall–Kier alpha value is -1.14. The van der Waals surface area contributed by atoms with Crippen LogP contribution in [0.3, 0.4) is 0 Å². The van der Waals surface area contributed by atoms with Crippen molar-refractivity contribution < 1.29 is 24.2 Å². The van der Waals surface area contributed by atoms with Crippen LogP contribution in [0.15, 0.2) is 23.8 Å². The van der Waals surface area contributed by atoms with Crippen molar-refractivity contribution in [3.8, 4) is 11.8 Å². The molecule has 6 heteroatoms. The molecule has 2 saturated carbocycles. The molecule has 0 aromatic rings. The number of rotatable bonds is 12. The average Bonchev–Trinajstić information content (AvgIpc) is 3.39. The lowest BCUT2D eigenvalue weighted by molar-refractivity contribution is -0.137. The quantitative estimate of drug-likeness (QED) is 0.139. The number of hydrogen-bond acceptors (Lipinski definition) is 3. The zero-order chi connectivity index (χ0) is 34.1. The number of aliphatic carboxylic acids is 1. The smallest absolute Gasteiger partial charge is 0.303 e. The highest BCUT2D eigenvalue weighted by atomic mass is 28.4. The summed E-state index contributed by atoms with van der Waals surface area (Å²) in [5.41, 5.74) is 1.09. The molecule has 228 valence electrons. The maximum atomic E-state index is 11.4. The predicted octanol–water partition coefficient (Wildman–Crippen LogP) is 9.60. The maximum Gasteiger partial charge on any atom is 0.303 e. The van der Waals surface area contributed by atoms with Crippen LogP contribution in [0.1, 0.15) is 106 Å². The van der Waals surface area contributed by atoms with Gasteiger partial charge < -0.3 is 14.0 Å². The van der Waals surface area contributed by atoms with Gasteiger partial charge in [-0.1, -0.05) is 72.3 Å². The lowest BCUT2D eigenvalue weighted by atomic mass is 9.89. The first kappa shape index (κ1) is 29.0. The minimum absolute atomic E-state index is 0.0637. The van der Waals surface area contributed by atoms with Crippen LogP contribution in [0.5, 0.6) is 0 Å². The van der Waals surface area contributed by atoms with Crippen molar-refractivity contribution in [2.45, 2.75) is 149 Å². The van der Waals surface area contributed by atoms with Crippen LogP contribution < -0.4 is 0 Å². The highest BCUT2D eigenvalue weighted by Gasteiger charge is 2.50. The van der Waals surface area contributed by atoms with E-state index in [0.29, 0.717) is 11.8 Å². The summed E-state index contributed by atoms with van der Waals surface area (Å²) in [5, 5.41) is 9.41. The predicted molar refractivity (Wildman–Crippen MR) is 174 cm³/mol. The molecule has 0 bridgehead atoms. The van der Waals surface area contributed by atoms with Crippen molar-refractivity contribution in [3.63, 3.8) is 0 Å². The van der Waals surface area contributed by atoms with Gasteiger partial charge >= 0.3 is 5.97 Å². The number of carboxylic acids is 1. The fourth-order valence-electron chi connectivity index (χ4n) is 5.40. The summed E-state index contributed by atoms with van der Waals surface area (Å²) in [4.78, 5) is 11.4. The first-order valence-corrected chi connectivity index (χ1v) is 20.9. The van der Waals surface area contributed by atoms with Gasteiger partial charge in [0.2, 0.25) is 0 Å². The van der Waals surface area contributed by atoms with Gasteiger partial charge in [-0.25, -0.2) is 0 Å². The second kappa shape index (κ2) is 13.9. The molecule has 0 radical (unpaired) electrons. The van der Waals surface area contributed by atoms with Gasteiger partial charge in [-0.15, -0.1) is 11.8 Å². The second-order valence-electron chi connectivity index (χ2n) is 15.1. The van der Waals surface area contributed by atoms with Crippen molar-refractivity contribution in [1.29, 1.82) is 0 Å². The van der Waals surface area contributed by atoms with Crippen LogP contribution in [-0.4, -0.2) is 39.9 Å². The lowest BCUT2D eigenvalue weighted by Crippen LogP contribution is -2.45. The van der Waals surface area contributed by atoms with Crippen LogP contribution in [-0.2, 0) is 13.6 Å². The van der Waals surface area contributed by atoms with Gasteiger partial charge in [0.1, 0.15) is 0 Å². The number of carboxylic acid groups (broad SMARTS) is 1. The summed E-state index contributed by atoms with van der Waals surface area (Å²) in [6.07, 6.45) is 3.99. The lowest BCUT2D eigenvalue weighted by Gasteiger charge is -2.41. The van der Waals surface area contributed by atoms with E-state index < -0.39 is 35.3 Å². The summed E-state index contributed by atoms with van der Waals surface area (Å²) in [6.45, 7) is 26.9. The van der Waals surface area contributed by atoms with E-state index in [1.807, 2.05) is 6.92 Å². The molecule has 2 rings (SSSR count). The Morgan fingerprint density at radius 3 is 2.30 bits per heavy atom. The van der Waals surface area contributed by atoms with Gasteiger partial charge in [-0.05, 0) is 93.0 Å². The van der Waals surface area contributed by atoms with Gasteiger partial charge in [0.25, 0.3) is 0 Å². The van der Waals surface area contributed by atoms with Crippen LogP contribution in [0.2, 0.25) is 36.3 Å². The normalized spacial score (nSPS) is 28.8.